The zero-order valence-electron chi connectivity index (χ0n) is 11.8. The third kappa shape index (κ3) is 3.36. The summed E-state index contributed by atoms with van der Waals surface area (Å²) in [6.07, 6.45) is 2.36. The van der Waals surface area contributed by atoms with Gasteiger partial charge in [0.2, 0.25) is 10.0 Å². The molecule has 0 fully saturated rings. The number of hydrogen-bond acceptors (Lipinski definition) is 3. The molecule has 1 aromatic carbocycles. The van der Waals surface area contributed by atoms with Crippen LogP contribution in [0.3, 0.4) is 0 Å². The third-order valence-electron chi connectivity index (χ3n) is 2.97. The molecule has 106 valence electrons. The fourth-order valence-corrected chi connectivity index (χ4v) is 3.80. The summed E-state index contributed by atoms with van der Waals surface area (Å²) in [6.45, 7) is 9.92. The van der Waals surface area contributed by atoms with Crippen molar-refractivity contribution in [2.24, 2.45) is 0 Å². The topological polar surface area (TPSA) is 63.4 Å². The molecule has 0 unspecified atom stereocenters. The highest BCUT2D eigenvalue weighted by Crippen LogP contribution is 2.26. The van der Waals surface area contributed by atoms with E-state index >= 15 is 0 Å². The zero-order chi connectivity index (χ0) is 14.6. The maximum Gasteiger partial charge on any atom is 0.243 e. The summed E-state index contributed by atoms with van der Waals surface area (Å²) in [5, 5.41) is 0. The second kappa shape index (κ2) is 6.21. The average molecular weight is 282 g/mol. The van der Waals surface area contributed by atoms with Crippen LogP contribution in [0.2, 0.25) is 0 Å². The fraction of sp³-hybridized carbons (Fsp3) is 0.429. The van der Waals surface area contributed by atoms with Crippen LogP contribution < -0.4 is 5.73 Å². The molecule has 0 saturated heterocycles. The summed E-state index contributed by atoms with van der Waals surface area (Å²) in [5.41, 5.74) is 7.82. The second-order valence-electron chi connectivity index (χ2n) is 4.63. The van der Waals surface area contributed by atoms with E-state index in [-0.39, 0.29) is 0 Å². The van der Waals surface area contributed by atoms with E-state index in [4.69, 9.17) is 5.73 Å². The fourth-order valence-electron chi connectivity index (χ4n) is 1.96. The normalized spacial score (nSPS) is 11.8. The molecule has 0 atom stereocenters. The summed E-state index contributed by atoms with van der Waals surface area (Å²) in [4.78, 5) is 0.292. The van der Waals surface area contributed by atoms with Gasteiger partial charge in [-0.2, -0.15) is 4.31 Å². The monoisotopic (exact) mass is 282 g/mol. The highest BCUT2D eigenvalue weighted by Gasteiger charge is 2.25. The van der Waals surface area contributed by atoms with Gasteiger partial charge >= 0.3 is 0 Å². The molecule has 0 amide bonds. The maximum atomic E-state index is 12.7. The predicted octanol–water partition coefficient (Wildman–Crippen LogP) is 2.47. The van der Waals surface area contributed by atoms with E-state index in [9.17, 15) is 8.42 Å². The van der Waals surface area contributed by atoms with Crippen LogP contribution in [0.5, 0.6) is 0 Å². The molecule has 0 heterocycles. The van der Waals surface area contributed by atoms with Crippen molar-refractivity contribution in [3.05, 3.63) is 35.9 Å². The van der Waals surface area contributed by atoms with E-state index in [1.165, 1.54) is 4.31 Å². The van der Waals surface area contributed by atoms with Crippen molar-refractivity contribution >= 4 is 15.7 Å². The van der Waals surface area contributed by atoms with Crippen LogP contribution in [0.15, 0.2) is 29.7 Å². The Morgan fingerprint density at radius 3 is 2.53 bits per heavy atom. The number of benzene rings is 1. The summed E-state index contributed by atoms with van der Waals surface area (Å²) < 4.78 is 26.8. The van der Waals surface area contributed by atoms with Crippen molar-refractivity contribution in [1.82, 2.24) is 4.31 Å². The van der Waals surface area contributed by atoms with Crippen molar-refractivity contribution in [1.29, 1.82) is 0 Å². The lowest BCUT2D eigenvalue weighted by molar-refractivity contribution is 0.441. The Morgan fingerprint density at radius 1 is 1.37 bits per heavy atom. The minimum atomic E-state index is -3.52. The number of anilines is 1. The number of hydrogen-bond donors (Lipinski definition) is 1. The Kier molecular flexibility index (Phi) is 5.14. The summed E-state index contributed by atoms with van der Waals surface area (Å²) in [5.74, 6) is 0. The molecule has 4 nitrogen and oxygen atoms in total. The predicted molar refractivity (Wildman–Crippen MR) is 79.6 cm³/mol. The molecule has 0 aliphatic heterocycles. The van der Waals surface area contributed by atoms with Gasteiger partial charge in [0, 0.05) is 18.8 Å². The molecule has 0 bridgehead atoms. The molecule has 19 heavy (non-hydrogen) atoms. The molecule has 0 saturated carbocycles. The minimum Gasteiger partial charge on any atom is -0.398 e. The molecule has 1 aromatic rings. The summed E-state index contributed by atoms with van der Waals surface area (Å²) >= 11 is 0. The third-order valence-corrected chi connectivity index (χ3v) is 4.96. The van der Waals surface area contributed by atoms with Crippen LogP contribution >= 0.6 is 0 Å². The molecule has 0 aliphatic rings. The first-order chi connectivity index (χ1) is 8.84. The van der Waals surface area contributed by atoms with E-state index in [1.807, 2.05) is 13.8 Å². The van der Waals surface area contributed by atoms with Crippen LogP contribution in [0.4, 0.5) is 5.69 Å². The standard InChI is InChI=1S/C14H22N2O2S/c1-5-7-16(8-6-2)19(17,18)14-10-11(3)9-13(15)12(14)4/h5,9-10H,1,6-8,15H2,2-4H3. The van der Waals surface area contributed by atoms with Gasteiger partial charge in [-0.3, -0.25) is 0 Å². The lowest BCUT2D eigenvalue weighted by Gasteiger charge is -2.22. The number of sulfonamides is 1. The molecule has 2 N–H and O–H groups in total. The number of nitrogen functional groups attached to an aromatic ring is 1. The number of aryl methyl sites for hydroxylation is 1. The van der Waals surface area contributed by atoms with Gasteiger partial charge in [0.1, 0.15) is 0 Å². The van der Waals surface area contributed by atoms with Gasteiger partial charge in [-0.25, -0.2) is 8.42 Å². The van der Waals surface area contributed by atoms with Gasteiger partial charge in [-0.15, -0.1) is 6.58 Å². The first-order valence-corrected chi connectivity index (χ1v) is 7.76. The van der Waals surface area contributed by atoms with E-state index in [0.29, 0.717) is 29.2 Å². The Morgan fingerprint density at radius 2 is 2.00 bits per heavy atom. The molecule has 5 heteroatoms. The zero-order valence-corrected chi connectivity index (χ0v) is 12.6. The van der Waals surface area contributed by atoms with E-state index < -0.39 is 10.0 Å². The van der Waals surface area contributed by atoms with E-state index in [2.05, 4.69) is 6.58 Å². The largest absolute Gasteiger partial charge is 0.398 e. The molecular formula is C14H22N2O2S. The van der Waals surface area contributed by atoms with Gasteiger partial charge in [0.15, 0.2) is 0 Å². The maximum absolute atomic E-state index is 12.7. The van der Waals surface area contributed by atoms with Crippen molar-refractivity contribution in [2.45, 2.75) is 32.1 Å². The van der Waals surface area contributed by atoms with Gasteiger partial charge in [0.25, 0.3) is 0 Å². The average Bonchev–Trinajstić information content (AvgIpc) is 2.33. The first kappa shape index (κ1) is 15.7. The number of nitrogens with two attached hydrogens (primary N) is 1. The smallest absolute Gasteiger partial charge is 0.243 e. The van der Waals surface area contributed by atoms with Crippen molar-refractivity contribution in [3.63, 3.8) is 0 Å². The number of nitrogens with zero attached hydrogens (tertiary/aromatic N) is 1. The molecule has 0 radical (unpaired) electrons. The van der Waals surface area contributed by atoms with Crippen molar-refractivity contribution < 1.29 is 8.42 Å². The molecule has 0 aromatic heterocycles. The Bertz CT molecular complexity index is 565. The molecule has 1 rings (SSSR count). The van der Waals surface area contributed by atoms with E-state index in [0.717, 1.165) is 12.0 Å². The Hall–Kier alpha value is -1.33. The molecule has 0 aliphatic carbocycles. The van der Waals surface area contributed by atoms with Gasteiger partial charge < -0.3 is 5.73 Å². The minimum absolute atomic E-state index is 0.292. The quantitative estimate of drug-likeness (QED) is 0.644. The summed E-state index contributed by atoms with van der Waals surface area (Å²) in [6, 6.07) is 3.46. The molecular weight excluding hydrogens is 260 g/mol. The SMILES string of the molecule is C=CCN(CCC)S(=O)(=O)c1cc(C)cc(N)c1C. The van der Waals surface area contributed by atoms with Crippen molar-refractivity contribution in [3.8, 4) is 0 Å². The molecule has 0 spiro atoms. The van der Waals surface area contributed by atoms with Gasteiger partial charge in [-0.1, -0.05) is 13.0 Å². The lowest BCUT2D eigenvalue weighted by atomic mass is 10.1. The lowest BCUT2D eigenvalue weighted by Crippen LogP contribution is -2.32. The van der Waals surface area contributed by atoms with Crippen LogP contribution in [-0.2, 0) is 10.0 Å². The van der Waals surface area contributed by atoms with Crippen LogP contribution in [-0.4, -0.2) is 25.8 Å². The highest BCUT2D eigenvalue weighted by molar-refractivity contribution is 7.89. The Balaban J connectivity index is 3.36. The highest BCUT2D eigenvalue weighted by atomic mass is 32.2. The van der Waals surface area contributed by atoms with Crippen LogP contribution in [0.25, 0.3) is 0 Å². The van der Waals surface area contributed by atoms with E-state index in [1.54, 1.807) is 25.1 Å². The van der Waals surface area contributed by atoms with Crippen LogP contribution in [0.1, 0.15) is 24.5 Å². The first-order valence-electron chi connectivity index (χ1n) is 6.32. The van der Waals surface area contributed by atoms with Crippen LogP contribution in [0, 0.1) is 13.8 Å². The number of rotatable bonds is 6. The van der Waals surface area contributed by atoms with Crippen molar-refractivity contribution in [2.75, 3.05) is 18.8 Å². The Labute approximate surface area is 116 Å². The summed E-state index contributed by atoms with van der Waals surface area (Å²) in [7, 11) is -3.52. The van der Waals surface area contributed by atoms with Gasteiger partial charge in [-0.05, 0) is 43.5 Å². The van der Waals surface area contributed by atoms with Gasteiger partial charge in [0.05, 0.1) is 4.90 Å². The second-order valence-corrected chi connectivity index (χ2v) is 6.54.